The maximum Gasteiger partial charge on any atom is 0.230 e. The van der Waals surface area contributed by atoms with Gasteiger partial charge in [0.15, 0.2) is 0 Å². The van der Waals surface area contributed by atoms with Gasteiger partial charge in [-0.3, -0.25) is 0 Å². The minimum Gasteiger partial charge on any atom is -0.481 e. The summed E-state index contributed by atoms with van der Waals surface area (Å²) < 4.78 is 5.14. The number of nitrogens with zero attached hydrogens (tertiary/aromatic N) is 2. The fraction of sp³-hybridized carbons (Fsp3) is 0.286. The summed E-state index contributed by atoms with van der Waals surface area (Å²) in [6.45, 7) is 3.84. The Morgan fingerprint density at radius 3 is 2.68 bits per heavy atom. The number of para-hydroxylation sites is 1. The fourth-order valence-corrected chi connectivity index (χ4v) is 1.83. The number of hydrogen-bond donors (Lipinski definition) is 2. The molecule has 0 spiro atoms. The molecule has 5 nitrogen and oxygen atoms in total. The molecular weight excluding hydrogens is 240 g/mol. The smallest absolute Gasteiger partial charge is 0.230 e. The number of aryl methyl sites for hydroxylation is 1. The quantitative estimate of drug-likeness (QED) is 0.881. The van der Waals surface area contributed by atoms with E-state index in [1.807, 2.05) is 38.1 Å². The molecule has 0 amide bonds. The predicted molar refractivity (Wildman–Crippen MR) is 75.6 cm³/mol. The first kappa shape index (κ1) is 13.3. The molecule has 1 atom stereocenters. The van der Waals surface area contributed by atoms with Gasteiger partial charge in [0.1, 0.15) is 0 Å². The molecule has 1 unspecified atom stereocenters. The molecule has 0 radical (unpaired) electrons. The summed E-state index contributed by atoms with van der Waals surface area (Å²) in [5, 5.41) is 3.19. The van der Waals surface area contributed by atoms with Gasteiger partial charge in [-0.1, -0.05) is 18.2 Å². The monoisotopic (exact) mass is 258 g/mol. The number of anilines is 2. The standard InChI is InChI=1S/C14H18N4O/c1-9-8-13(19-3)18-14(16-9)17-12-7-5-4-6-11(12)10(2)15/h4-8,10H,15H2,1-3H3,(H,16,17,18). The Bertz CT molecular complexity index is 569. The van der Waals surface area contributed by atoms with E-state index < -0.39 is 0 Å². The minimum absolute atomic E-state index is 0.0598. The summed E-state index contributed by atoms with van der Waals surface area (Å²) in [6.07, 6.45) is 0. The second-order valence-corrected chi connectivity index (χ2v) is 4.38. The van der Waals surface area contributed by atoms with Crippen LogP contribution in [0.25, 0.3) is 0 Å². The number of nitrogens with two attached hydrogens (primary N) is 1. The van der Waals surface area contributed by atoms with E-state index in [0.717, 1.165) is 16.9 Å². The predicted octanol–water partition coefficient (Wildman–Crippen LogP) is 2.56. The third kappa shape index (κ3) is 3.20. The zero-order valence-corrected chi connectivity index (χ0v) is 11.3. The summed E-state index contributed by atoms with van der Waals surface area (Å²) in [6, 6.07) is 9.57. The van der Waals surface area contributed by atoms with Crippen LogP contribution < -0.4 is 15.8 Å². The number of rotatable bonds is 4. The molecule has 0 bridgehead atoms. The molecule has 0 saturated heterocycles. The number of hydrogen-bond acceptors (Lipinski definition) is 5. The highest BCUT2D eigenvalue weighted by Crippen LogP contribution is 2.24. The molecule has 2 aromatic rings. The molecule has 1 heterocycles. The van der Waals surface area contributed by atoms with Crippen LogP contribution >= 0.6 is 0 Å². The van der Waals surface area contributed by atoms with Crippen LogP contribution in [0.1, 0.15) is 24.2 Å². The van der Waals surface area contributed by atoms with Gasteiger partial charge in [0, 0.05) is 23.5 Å². The summed E-state index contributed by atoms with van der Waals surface area (Å²) in [5.41, 5.74) is 8.72. The van der Waals surface area contributed by atoms with Gasteiger partial charge in [-0.25, -0.2) is 4.98 Å². The number of nitrogens with one attached hydrogen (secondary N) is 1. The molecule has 19 heavy (non-hydrogen) atoms. The van der Waals surface area contributed by atoms with Crippen LogP contribution in [-0.2, 0) is 0 Å². The van der Waals surface area contributed by atoms with Gasteiger partial charge in [0.05, 0.1) is 7.11 Å². The fourth-order valence-electron chi connectivity index (χ4n) is 1.83. The van der Waals surface area contributed by atoms with Crippen molar-refractivity contribution in [3.05, 3.63) is 41.6 Å². The van der Waals surface area contributed by atoms with Crippen molar-refractivity contribution in [1.29, 1.82) is 0 Å². The van der Waals surface area contributed by atoms with Crippen molar-refractivity contribution in [1.82, 2.24) is 9.97 Å². The maximum absolute atomic E-state index is 5.95. The van der Waals surface area contributed by atoms with Crippen molar-refractivity contribution in [3.8, 4) is 5.88 Å². The summed E-state index contributed by atoms with van der Waals surface area (Å²) in [7, 11) is 1.58. The summed E-state index contributed by atoms with van der Waals surface area (Å²) in [4.78, 5) is 8.60. The first-order valence-electron chi connectivity index (χ1n) is 6.11. The molecule has 0 aliphatic rings. The van der Waals surface area contributed by atoms with E-state index in [1.165, 1.54) is 0 Å². The van der Waals surface area contributed by atoms with Gasteiger partial charge in [-0.05, 0) is 25.5 Å². The Morgan fingerprint density at radius 2 is 2.00 bits per heavy atom. The molecule has 1 aromatic carbocycles. The third-order valence-electron chi connectivity index (χ3n) is 2.74. The van der Waals surface area contributed by atoms with Gasteiger partial charge >= 0.3 is 0 Å². The Morgan fingerprint density at radius 1 is 1.26 bits per heavy atom. The molecule has 5 heteroatoms. The van der Waals surface area contributed by atoms with Gasteiger partial charge < -0.3 is 15.8 Å². The first-order valence-corrected chi connectivity index (χ1v) is 6.11. The lowest BCUT2D eigenvalue weighted by molar-refractivity contribution is 0.397. The maximum atomic E-state index is 5.95. The lowest BCUT2D eigenvalue weighted by Crippen LogP contribution is -2.09. The van der Waals surface area contributed by atoms with E-state index in [0.29, 0.717) is 11.8 Å². The minimum atomic E-state index is -0.0598. The van der Waals surface area contributed by atoms with E-state index in [4.69, 9.17) is 10.5 Å². The van der Waals surface area contributed by atoms with Gasteiger partial charge in [0.2, 0.25) is 11.8 Å². The topological polar surface area (TPSA) is 73.1 Å². The highest BCUT2D eigenvalue weighted by Gasteiger charge is 2.08. The normalized spacial score (nSPS) is 12.0. The van der Waals surface area contributed by atoms with Crippen LogP contribution in [0, 0.1) is 6.92 Å². The van der Waals surface area contributed by atoms with Crippen LogP contribution in [-0.4, -0.2) is 17.1 Å². The molecule has 0 fully saturated rings. The lowest BCUT2D eigenvalue weighted by atomic mass is 10.1. The van der Waals surface area contributed by atoms with Gasteiger partial charge in [-0.2, -0.15) is 4.98 Å². The molecular formula is C14H18N4O. The largest absolute Gasteiger partial charge is 0.481 e. The highest BCUT2D eigenvalue weighted by molar-refractivity contribution is 5.59. The number of benzene rings is 1. The summed E-state index contributed by atoms with van der Waals surface area (Å²) >= 11 is 0. The average Bonchev–Trinajstić information content (AvgIpc) is 2.38. The molecule has 100 valence electrons. The van der Waals surface area contributed by atoms with Crippen molar-refractivity contribution in [2.75, 3.05) is 12.4 Å². The van der Waals surface area contributed by atoms with E-state index in [2.05, 4.69) is 15.3 Å². The lowest BCUT2D eigenvalue weighted by Gasteiger charge is -2.14. The number of ether oxygens (including phenoxy) is 1. The zero-order chi connectivity index (χ0) is 13.8. The van der Waals surface area contributed by atoms with Crippen molar-refractivity contribution >= 4 is 11.6 Å². The van der Waals surface area contributed by atoms with Crippen LogP contribution in [0.3, 0.4) is 0 Å². The average molecular weight is 258 g/mol. The molecule has 0 aliphatic heterocycles. The second-order valence-electron chi connectivity index (χ2n) is 4.38. The van der Waals surface area contributed by atoms with Crippen molar-refractivity contribution in [3.63, 3.8) is 0 Å². The second kappa shape index (κ2) is 5.67. The molecule has 1 aromatic heterocycles. The van der Waals surface area contributed by atoms with E-state index in [9.17, 15) is 0 Å². The van der Waals surface area contributed by atoms with E-state index >= 15 is 0 Å². The van der Waals surface area contributed by atoms with Gasteiger partial charge in [-0.15, -0.1) is 0 Å². The van der Waals surface area contributed by atoms with Crippen LogP contribution in [0.2, 0.25) is 0 Å². The molecule has 0 saturated carbocycles. The van der Waals surface area contributed by atoms with E-state index in [1.54, 1.807) is 13.2 Å². The molecule has 0 aliphatic carbocycles. The third-order valence-corrected chi connectivity index (χ3v) is 2.74. The Balaban J connectivity index is 2.33. The van der Waals surface area contributed by atoms with E-state index in [-0.39, 0.29) is 6.04 Å². The van der Waals surface area contributed by atoms with Crippen molar-refractivity contribution in [2.45, 2.75) is 19.9 Å². The highest BCUT2D eigenvalue weighted by atomic mass is 16.5. The van der Waals surface area contributed by atoms with Crippen LogP contribution in [0.15, 0.2) is 30.3 Å². The Hall–Kier alpha value is -2.14. The number of aromatic nitrogens is 2. The zero-order valence-electron chi connectivity index (χ0n) is 11.3. The number of methoxy groups -OCH3 is 1. The van der Waals surface area contributed by atoms with Crippen LogP contribution in [0.5, 0.6) is 5.88 Å². The summed E-state index contributed by atoms with van der Waals surface area (Å²) in [5.74, 6) is 1.04. The first-order chi connectivity index (χ1) is 9.10. The van der Waals surface area contributed by atoms with Crippen molar-refractivity contribution < 1.29 is 4.74 Å². The molecule has 3 N–H and O–H groups in total. The Kier molecular flexibility index (Phi) is 3.97. The Labute approximate surface area is 112 Å². The van der Waals surface area contributed by atoms with Gasteiger partial charge in [0.25, 0.3) is 0 Å². The SMILES string of the molecule is COc1cc(C)nc(Nc2ccccc2C(C)N)n1. The molecule has 2 rings (SSSR count). The van der Waals surface area contributed by atoms with Crippen LogP contribution in [0.4, 0.5) is 11.6 Å². The van der Waals surface area contributed by atoms with Crippen molar-refractivity contribution in [2.24, 2.45) is 5.73 Å².